The first-order valence-corrected chi connectivity index (χ1v) is 12.0. The number of benzene rings is 2. The van der Waals surface area contributed by atoms with Gasteiger partial charge < -0.3 is 10.1 Å². The summed E-state index contributed by atoms with van der Waals surface area (Å²) in [5, 5.41) is 2.72. The molecular weight excluding hydrogens is 480 g/mol. The first kappa shape index (κ1) is 24.8. The number of carbonyl (C=O) groups excluding carboxylic acids is 1. The molecule has 0 unspecified atom stereocenters. The molecule has 0 heterocycles. The number of hydrogen-bond donors (Lipinski definition) is 1. The largest absolute Gasteiger partial charge is 0.483 e. The third kappa shape index (κ3) is 6.78. The van der Waals surface area contributed by atoms with Gasteiger partial charge in [0.05, 0.1) is 4.90 Å². The lowest BCUT2D eigenvalue weighted by atomic mass is 10.0. The van der Waals surface area contributed by atoms with E-state index in [4.69, 9.17) is 4.74 Å². The third-order valence-corrected chi connectivity index (χ3v) is 6.73. The lowest BCUT2D eigenvalue weighted by molar-refractivity contribution is -0.118. The monoisotopic (exact) mass is 506 g/mol. The Morgan fingerprint density at radius 3 is 2.29 bits per heavy atom. The first-order valence-electron chi connectivity index (χ1n) is 9.73. The highest BCUT2D eigenvalue weighted by atomic mass is 79.9. The van der Waals surface area contributed by atoms with Gasteiger partial charge in [0.2, 0.25) is 10.0 Å². The quantitative estimate of drug-likeness (QED) is 0.437. The number of ether oxygens (including phenoxy) is 1. The number of nitrogens with zero attached hydrogens (tertiary/aromatic N) is 1. The number of anilines is 1. The normalized spacial score (nSPS) is 11.4. The number of hydrogen-bond acceptors (Lipinski definition) is 4. The van der Waals surface area contributed by atoms with Crippen LogP contribution in [0.4, 0.5) is 5.69 Å². The van der Waals surface area contributed by atoms with Crippen LogP contribution in [0, 0.1) is 0 Å². The summed E-state index contributed by atoms with van der Waals surface area (Å²) in [6, 6.07) is 11.7. The van der Waals surface area contributed by atoms with Gasteiger partial charge in [-0.15, -0.1) is 13.2 Å². The fraction of sp³-hybridized carbons (Fsp3) is 0.261. The van der Waals surface area contributed by atoms with Crippen molar-refractivity contribution in [3.8, 4) is 5.75 Å². The summed E-state index contributed by atoms with van der Waals surface area (Å²) in [5.74, 6) is 0.555. The van der Waals surface area contributed by atoms with E-state index in [1.165, 1.54) is 28.6 Å². The van der Waals surface area contributed by atoms with E-state index in [2.05, 4.69) is 48.3 Å². The summed E-state index contributed by atoms with van der Waals surface area (Å²) in [7, 11) is -3.68. The molecule has 0 aromatic heterocycles. The van der Waals surface area contributed by atoms with Gasteiger partial charge in [-0.3, -0.25) is 4.79 Å². The Morgan fingerprint density at radius 2 is 1.74 bits per heavy atom. The molecule has 0 bridgehead atoms. The minimum atomic E-state index is -3.68. The number of rotatable bonds is 11. The number of halogens is 1. The summed E-state index contributed by atoms with van der Waals surface area (Å²) < 4.78 is 33.4. The van der Waals surface area contributed by atoms with Gasteiger partial charge in [0.25, 0.3) is 5.91 Å². The Labute approximate surface area is 192 Å². The number of amides is 1. The number of carbonyl (C=O) groups is 1. The van der Waals surface area contributed by atoms with Crippen molar-refractivity contribution >= 4 is 37.5 Å². The highest BCUT2D eigenvalue weighted by Gasteiger charge is 2.22. The van der Waals surface area contributed by atoms with E-state index in [1.807, 2.05) is 18.2 Å². The minimum absolute atomic E-state index is 0.127. The van der Waals surface area contributed by atoms with E-state index in [-0.39, 0.29) is 36.4 Å². The van der Waals surface area contributed by atoms with Crippen LogP contribution in [0.15, 0.2) is 77.1 Å². The van der Waals surface area contributed by atoms with Gasteiger partial charge in [-0.05, 0) is 53.9 Å². The molecule has 0 fully saturated rings. The van der Waals surface area contributed by atoms with Gasteiger partial charge in [-0.2, -0.15) is 4.31 Å². The molecule has 0 spiro atoms. The van der Waals surface area contributed by atoms with Gasteiger partial charge in [-0.25, -0.2) is 8.42 Å². The zero-order valence-electron chi connectivity index (χ0n) is 17.7. The molecule has 0 atom stereocenters. The predicted molar refractivity (Wildman–Crippen MR) is 128 cm³/mol. The molecule has 0 aliphatic rings. The molecule has 2 rings (SSSR count). The van der Waals surface area contributed by atoms with E-state index >= 15 is 0 Å². The second kappa shape index (κ2) is 11.3. The molecule has 0 saturated heterocycles. The van der Waals surface area contributed by atoms with Gasteiger partial charge in [0.1, 0.15) is 5.75 Å². The van der Waals surface area contributed by atoms with E-state index in [1.54, 1.807) is 12.1 Å². The molecule has 6 nitrogen and oxygen atoms in total. The van der Waals surface area contributed by atoms with Crippen molar-refractivity contribution in [2.24, 2.45) is 0 Å². The minimum Gasteiger partial charge on any atom is -0.483 e. The first-order chi connectivity index (χ1) is 14.7. The molecule has 2 aromatic carbocycles. The van der Waals surface area contributed by atoms with Crippen molar-refractivity contribution in [2.75, 3.05) is 25.0 Å². The smallest absolute Gasteiger partial charge is 0.262 e. The van der Waals surface area contributed by atoms with Crippen molar-refractivity contribution in [3.05, 3.63) is 77.8 Å². The third-order valence-electron chi connectivity index (χ3n) is 4.39. The van der Waals surface area contributed by atoms with Crippen LogP contribution in [0.1, 0.15) is 25.3 Å². The maximum Gasteiger partial charge on any atom is 0.262 e. The molecule has 1 N–H and O–H groups in total. The Hall–Kier alpha value is -2.42. The highest BCUT2D eigenvalue weighted by molar-refractivity contribution is 9.10. The van der Waals surface area contributed by atoms with Crippen LogP contribution >= 0.6 is 15.9 Å². The van der Waals surface area contributed by atoms with Gasteiger partial charge in [-0.1, -0.05) is 41.9 Å². The molecule has 0 aliphatic carbocycles. The zero-order valence-corrected chi connectivity index (χ0v) is 20.1. The summed E-state index contributed by atoms with van der Waals surface area (Å²) in [6.45, 7) is 11.5. The molecule has 0 radical (unpaired) electrons. The van der Waals surface area contributed by atoms with Crippen molar-refractivity contribution in [2.45, 2.75) is 24.7 Å². The van der Waals surface area contributed by atoms with Gasteiger partial charge >= 0.3 is 0 Å². The van der Waals surface area contributed by atoms with Crippen LogP contribution < -0.4 is 10.1 Å². The fourth-order valence-electron chi connectivity index (χ4n) is 2.86. The molecule has 31 heavy (non-hydrogen) atoms. The lowest BCUT2D eigenvalue weighted by Crippen LogP contribution is -2.31. The average Bonchev–Trinajstić information content (AvgIpc) is 2.73. The van der Waals surface area contributed by atoms with E-state index < -0.39 is 10.0 Å². The molecule has 0 aliphatic heterocycles. The van der Waals surface area contributed by atoms with Crippen molar-refractivity contribution in [1.82, 2.24) is 4.31 Å². The Bertz CT molecular complexity index is 1020. The second-order valence-electron chi connectivity index (χ2n) is 7.10. The Balaban J connectivity index is 2.04. The van der Waals surface area contributed by atoms with Crippen LogP contribution in [0.3, 0.4) is 0 Å². The summed E-state index contributed by atoms with van der Waals surface area (Å²) >= 11 is 3.44. The maximum absolute atomic E-state index is 12.7. The van der Waals surface area contributed by atoms with E-state index in [0.717, 1.165) is 10.0 Å². The van der Waals surface area contributed by atoms with Gasteiger partial charge in [0.15, 0.2) is 6.61 Å². The van der Waals surface area contributed by atoms with Crippen molar-refractivity contribution < 1.29 is 17.9 Å². The second-order valence-corrected chi connectivity index (χ2v) is 9.95. The predicted octanol–water partition coefficient (Wildman–Crippen LogP) is 4.95. The van der Waals surface area contributed by atoms with Crippen LogP contribution in [0.2, 0.25) is 0 Å². The van der Waals surface area contributed by atoms with Crippen LogP contribution in [0.5, 0.6) is 5.75 Å². The molecule has 0 saturated carbocycles. The molecular formula is C23H27BrN2O4S. The Kier molecular flexibility index (Phi) is 9.03. The molecule has 2 aromatic rings. The summed E-state index contributed by atoms with van der Waals surface area (Å²) in [5.41, 5.74) is 1.48. The van der Waals surface area contributed by atoms with Gasteiger partial charge in [0, 0.05) is 23.2 Å². The summed E-state index contributed by atoms with van der Waals surface area (Å²) in [6.07, 6.45) is 3.04. The molecule has 166 valence electrons. The zero-order chi connectivity index (χ0) is 23.0. The SMILES string of the molecule is C=CCN(CC=C)S(=O)(=O)c1ccc(NC(=O)COc2ccc(Br)cc2C(C)C)cc1. The summed E-state index contributed by atoms with van der Waals surface area (Å²) in [4.78, 5) is 12.4. The van der Waals surface area contributed by atoms with Crippen molar-refractivity contribution in [1.29, 1.82) is 0 Å². The number of nitrogens with one attached hydrogen (secondary N) is 1. The molecule has 8 heteroatoms. The topological polar surface area (TPSA) is 75.7 Å². The standard InChI is InChI=1S/C23H27BrN2O4S/c1-5-13-26(14-6-2)31(28,29)20-10-8-19(9-11-20)25-23(27)16-30-22-12-7-18(24)15-21(22)17(3)4/h5-12,15,17H,1-2,13-14,16H2,3-4H3,(H,25,27). The lowest BCUT2D eigenvalue weighted by Gasteiger charge is -2.19. The fourth-order valence-corrected chi connectivity index (χ4v) is 4.62. The number of sulfonamides is 1. The van der Waals surface area contributed by atoms with E-state index in [0.29, 0.717) is 11.4 Å². The maximum atomic E-state index is 12.7. The van der Waals surface area contributed by atoms with Crippen molar-refractivity contribution in [3.63, 3.8) is 0 Å². The van der Waals surface area contributed by atoms with Crippen LogP contribution in [0.25, 0.3) is 0 Å². The Morgan fingerprint density at radius 1 is 1.13 bits per heavy atom. The highest BCUT2D eigenvalue weighted by Crippen LogP contribution is 2.29. The van der Waals surface area contributed by atoms with Crippen LogP contribution in [-0.4, -0.2) is 38.3 Å². The average molecular weight is 507 g/mol. The van der Waals surface area contributed by atoms with Crippen LogP contribution in [-0.2, 0) is 14.8 Å². The molecule has 1 amide bonds. The van der Waals surface area contributed by atoms with E-state index in [9.17, 15) is 13.2 Å².